The molecule has 0 N–H and O–H groups in total. The lowest BCUT2D eigenvalue weighted by atomic mass is 10.0. The first-order valence-electron chi connectivity index (χ1n) is 6.32. The van der Waals surface area contributed by atoms with Crippen molar-refractivity contribution in [2.75, 3.05) is 0 Å². The monoisotopic (exact) mass is 226 g/mol. The van der Waals surface area contributed by atoms with Crippen LogP contribution in [0.5, 0.6) is 0 Å². The Labute approximate surface area is 104 Å². The average molecular weight is 226 g/mol. The molecule has 0 radical (unpaired) electrons. The van der Waals surface area contributed by atoms with E-state index in [0.717, 1.165) is 6.54 Å². The highest BCUT2D eigenvalue weighted by Crippen LogP contribution is 2.16. The predicted molar refractivity (Wildman–Crippen MR) is 70.9 cm³/mol. The molecule has 88 valence electrons. The third-order valence-corrected chi connectivity index (χ3v) is 3.31. The van der Waals surface area contributed by atoms with Gasteiger partial charge in [-0.25, -0.2) is 4.57 Å². The molecule has 2 aromatic rings. The molecule has 1 heteroatoms. The molecule has 1 aromatic carbocycles. The van der Waals surface area contributed by atoms with Crippen LogP contribution in [-0.2, 0) is 6.54 Å². The van der Waals surface area contributed by atoms with Gasteiger partial charge in [-0.15, -0.1) is 0 Å². The maximum atomic E-state index is 2.27. The summed E-state index contributed by atoms with van der Waals surface area (Å²) in [4.78, 5) is 0. The van der Waals surface area contributed by atoms with E-state index in [0.29, 0.717) is 5.92 Å². The normalized spacial score (nSPS) is 12.4. The van der Waals surface area contributed by atoms with Gasteiger partial charge in [-0.05, 0) is 17.9 Å². The first-order chi connectivity index (χ1) is 8.29. The van der Waals surface area contributed by atoms with Crippen molar-refractivity contribution >= 4 is 0 Å². The van der Waals surface area contributed by atoms with Crippen molar-refractivity contribution < 1.29 is 4.57 Å². The Morgan fingerprint density at radius 3 is 2.24 bits per heavy atom. The van der Waals surface area contributed by atoms with E-state index in [1.165, 1.54) is 17.5 Å². The van der Waals surface area contributed by atoms with Gasteiger partial charge in [0, 0.05) is 17.7 Å². The first-order valence-corrected chi connectivity index (χ1v) is 6.32. The summed E-state index contributed by atoms with van der Waals surface area (Å²) in [5, 5.41) is 0. The Bertz CT molecular complexity index is 445. The second kappa shape index (κ2) is 5.62. The van der Waals surface area contributed by atoms with Gasteiger partial charge >= 0.3 is 0 Å². The molecule has 0 saturated carbocycles. The van der Waals surface area contributed by atoms with E-state index < -0.39 is 0 Å². The molecule has 1 heterocycles. The largest absolute Gasteiger partial charge is 0.201 e. The van der Waals surface area contributed by atoms with E-state index in [-0.39, 0.29) is 0 Å². The summed E-state index contributed by atoms with van der Waals surface area (Å²) >= 11 is 0. The Morgan fingerprint density at radius 1 is 1.00 bits per heavy atom. The van der Waals surface area contributed by atoms with E-state index in [1.807, 2.05) is 0 Å². The molecular formula is C16H20N+. The second-order valence-corrected chi connectivity index (χ2v) is 4.60. The van der Waals surface area contributed by atoms with Crippen LogP contribution in [0, 0.1) is 0 Å². The molecule has 0 fully saturated rings. The third kappa shape index (κ3) is 3.16. The highest BCUT2D eigenvalue weighted by Gasteiger charge is 2.06. The molecule has 0 bridgehead atoms. The molecule has 1 aromatic heterocycles. The Hall–Kier alpha value is -1.63. The van der Waals surface area contributed by atoms with Crippen LogP contribution < -0.4 is 4.57 Å². The maximum Gasteiger partial charge on any atom is 0.173 e. The lowest BCUT2D eigenvalue weighted by molar-refractivity contribution is -0.688. The standard InChI is InChI=1S/C16H20N/c1-3-14(2)16-9-11-17(12-10-16)13-15-7-5-4-6-8-15/h4-12,14H,3,13H2,1-2H3/q+1. The van der Waals surface area contributed by atoms with Crippen LogP contribution in [0.3, 0.4) is 0 Å². The molecule has 1 atom stereocenters. The summed E-state index contributed by atoms with van der Waals surface area (Å²) in [6.07, 6.45) is 5.55. The van der Waals surface area contributed by atoms with Gasteiger partial charge in [-0.3, -0.25) is 0 Å². The number of hydrogen-bond donors (Lipinski definition) is 0. The minimum absolute atomic E-state index is 0.654. The summed E-state index contributed by atoms with van der Waals surface area (Å²) in [5.41, 5.74) is 2.77. The fourth-order valence-electron chi connectivity index (χ4n) is 1.93. The van der Waals surface area contributed by atoms with Gasteiger partial charge in [0.05, 0.1) is 0 Å². The van der Waals surface area contributed by atoms with Crippen LogP contribution in [0.25, 0.3) is 0 Å². The molecule has 2 rings (SSSR count). The molecule has 1 nitrogen and oxygen atoms in total. The van der Waals surface area contributed by atoms with Gasteiger partial charge in [0.25, 0.3) is 0 Å². The highest BCUT2D eigenvalue weighted by atomic mass is 14.9. The van der Waals surface area contributed by atoms with Gasteiger partial charge in [-0.2, -0.15) is 0 Å². The lowest BCUT2D eigenvalue weighted by Crippen LogP contribution is -2.33. The Balaban J connectivity index is 2.08. The van der Waals surface area contributed by atoms with Gasteiger partial charge in [-0.1, -0.05) is 44.2 Å². The maximum absolute atomic E-state index is 2.27. The fraction of sp³-hybridized carbons (Fsp3) is 0.312. The number of benzene rings is 1. The van der Waals surface area contributed by atoms with Crippen LogP contribution in [0.4, 0.5) is 0 Å². The van der Waals surface area contributed by atoms with Crippen LogP contribution in [0.15, 0.2) is 54.9 Å². The van der Waals surface area contributed by atoms with E-state index in [4.69, 9.17) is 0 Å². The SMILES string of the molecule is CCC(C)c1cc[n+](Cc2ccccc2)cc1. The van der Waals surface area contributed by atoms with Crippen molar-refractivity contribution in [3.05, 3.63) is 66.0 Å². The topological polar surface area (TPSA) is 3.88 Å². The lowest BCUT2D eigenvalue weighted by Gasteiger charge is -2.07. The highest BCUT2D eigenvalue weighted by molar-refractivity contribution is 5.14. The van der Waals surface area contributed by atoms with Gasteiger partial charge in [0.15, 0.2) is 18.9 Å². The molecule has 1 unspecified atom stereocenters. The van der Waals surface area contributed by atoms with Gasteiger partial charge in [0.2, 0.25) is 0 Å². The van der Waals surface area contributed by atoms with E-state index in [9.17, 15) is 0 Å². The zero-order valence-corrected chi connectivity index (χ0v) is 10.6. The van der Waals surface area contributed by atoms with Crippen LogP contribution in [0.2, 0.25) is 0 Å². The number of aromatic nitrogens is 1. The molecule has 0 aliphatic heterocycles. The summed E-state index contributed by atoms with van der Waals surface area (Å²) in [7, 11) is 0. The first kappa shape index (κ1) is 11.8. The second-order valence-electron chi connectivity index (χ2n) is 4.60. The van der Waals surface area contributed by atoms with Crippen LogP contribution >= 0.6 is 0 Å². The summed E-state index contributed by atoms with van der Waals surface area (Å²) in [5.74, 6) is 0.654. The summed E-state index contributed by atoms with van der Waals surface area (Å²) in [6.45, 7) is 5.45. The van der Waals surface area contributed by atoms with Crippen molar-refractivity contribution in [2.45, 2.75) is 32.7 Å². The van der Waals surface area contributed by atoms with E-state index in [1.54, 1.807) is 0 Å². The molecule has 0 aliphatic carbocycles. The summed E-state index contributed by atoms with van der Waals surface area (Å²) in [6, 6.07) is 15.0. The Morgan fingerprint density at radius 2 is 1.65 bits per heavy atom. The van der Waals surface area contributed by atoms with Gasteiger partial charge < -0.3 is 0 Å². The zero-order valence-electron chi connectivity index (χ0n) is 10.6. The van der Waals surface area contributed by atoms with Crippen molar-refractivity contribution in [3.8, 4) is 0 Å². The molecule has 17 heavy (non-hydrogen) atoms. The predicted octanol–water partition coefficient (Wildman–Crippen LogP) is 3.54. The van der Waals surface area contributed by atoms with Crippen LogP contribution in [0.1, 0.15) is 37.3 Å². The number of pyridine rings is 1. The number of hydrogen-bond acceptors (Lipinski definition) is 0. The molecule has 0 saturated heterocycles. The zero-order chi connectivity index (χ0) is 12.1. The average Bonchev–Trinajstić information content (AvgIpc) is 2.40. The van der Waals surface area contributed by atoms with Crippen LogP contribution in [-0.4, -0.2) is 0 Å². The van der Waals surface area contributed by atoms with E-state index >= 15 is 0 Å². The molecule has 0 aliphatic rings. The molecule has 0 amide bonds. The summed E-state index contributed by atoms with van der Waals surface area (Å²) < 4.78 is 2.22. The number of rotatable bonds is 4. The Kier molecular flexibility index (Phi) is 3.92. The third-order valence-electron chi connectivity index (χ3n) is 3.31. The number of nitrogens with zero attached hydrogens (tertiary/aromatic N) is 1. The minimum Gasteiger partial charge on any atom is -0.201 e. The van der Waals surface area contributed by atoms with Gasteiger partial charge in [0.1, 0.15) is 0 Å². The van der Waals surface area contributed by atoms with E-state index in [2.05, 4.69) is 73.3 Å². The minimum atomic E-state index is 0.654. The quantitative estimate of drug-likeness (QED) is 0.702. The van der Waals surface area contributed by atoms with Crippen molar-refractivity contribution in [1.82, 2.24) is 0 Å². The fourth-order valence-corrected chi connectivity index (χ4v) is 1.93. The van der Waals surface area contributed by atoms with Crippen molar-refractivity contribution in [2.24, 2.45) is 0 Å². The van der Waals surface area contributed by atoms with Crippen molar-refractivity contribution in [1.29, 1.82) is 0 Å². The molecule has 0 spiro atoms. The molecular weight excluding hydrogens is 206 g/mol. The smallest absolute Gasteiger partial charge is 0.173 e. The van der Waals surface area contributed by atoms with Crippen molar-refractivity contribution in [3.63, 3.8) is 0 Å².